The van der Waals surface area contributed by atoms with E-state index in [2.05, 4.69) is 49.1 Å². The molecule has 3 nitrogen and oxygen atoms in total. The van der Waals surface area contributed by atoms with E-state index in [1.807, 2.05) is 30.3 Å². The zero-order chi connectivity index (χ0) is 29.8. The van der Waals surface area contributed by atoms with Crippen LogP contribution in [0.15, 0.2) is 30.3 Å². The standard InChI is InChI=1S/C22H40NO.C15H34N.BrH.ClH/c1-4-5-6-7-8-9-10-11-12-16-19-23(2,3)20-21-24-22-17-14-13-15-18-22;1-5-6-7-8-9-10-11-12-13-14-15-16(2,3)4;;/h13-15,17-18H,4-12,16,19-21H2,1-3H3;5-15H2,1-4H3;2*1H/q2*+1;;/p-2. The molecule has 1 rings (SSSR count). The van der Waals surface area contributed by atoms with Gasteiger partial charge in [-0.2, -0.15) is 0 Å². The van der Waals surface area contributed by atoms with Crippen molar-refractivity contribution >= 4 is 0 Å². The number of halogens is 2. The quantitative estimate of drug-likeness (QED) is 0.102. The number of unbranched alkanes of at least 4 members (excludes halogenated alkanes) is 18. The SMILES string of the molecule is CCCCCCCCCCCC[N+](C)(C)C.CCCCCCCCCCCC[N+](C)(C)CCOc1ccccc1.[Br-].[Cl-]. The molecule has 0 saturated carbocycles. The van der Waals surface area contributed by atoms with Crippen LogP contribution in [0, 0.1) is 0 Å². The summed E-state index contributed by atoms with van der Waals surface area (Å²) in [6, 6.07) is 10.1. The van der Waals surface area contributed by atoms with E-state index in [-0.39, 0.29) is 29.4 Å². The molecule has 0 aliphatic carbocycles. The zero-order valence-corrected chi connectivity index (χ0v) is 31.8. The normalized spacial score (nSPS) is 11.2. The monoisotopic (exact) mass is 676 g/mol. The van der Waals surface area contributed by atoms with Crippen LogP contribution in [0.5, 0.6) is 5.75 Å². The van der Waals surface area contributed by atoms with Crippen molar-refractivity contribution in [3.05, 3.63) is 30.3 Å². The molecule has 0 aliphatic rings. The summed E-state index contributed by atoms with van der Waals surface area (Å²) in [6.45, 7) is 9.04. The van der Waals surface area contributed by atoms with Crippen LogP contribution in [0.3, 0.4) is 0 Å². The minimum atomic E-state index is 0. The van der Waals surface area contributed by atoms with E-state index in [1.165, 1.54) is 142 Å². The lowest BCUT2D eigenvalue weighted by molar-refractivity contribution is -0.890. The number of benzene rings is 1. The number of hydrogen-bond donors (Lipinski definition) is 0. The molecule has 0 aromatic heterocycles. The van der Waals surface area contributed by atoms with Crippen LogP contribution >= 0.6 is 0 Å². The van der Waals surface area contributed by atoms with Gasteiger partial charge in [0.05, 0.1) is 48.3 Å². The molecule has 252 valence electrons. The Morgan fingerprint density at radius 3 is 1.21 bits per heavy atom. The molecular formula is C37H74BrClN2O. The number of rotatable bonds is 26. The lowest BCUT2D eigenvalue weighted by Crippen LogP contribution is -3.00. The van der Waals surface area contributed by atoms with Gasteiger partial charge in [0.2, 0.25) is 0 Å². The average molecular weight is 678 g/mol. The van der Waals surface area contributed by atoms with Crippen LogP contribution in [0.1, 0.15) is 142 Å². The minimum Gasteiger partial charge on any atom is -1.00 e. The second kappa shape index (κ2) is 32.1. The van der Waals surface area contributed by atoms with Gasteiger partial charge in [-0.15, -0.1) is 0 Å². The van der Waals surface area contributed by atoms with E-state index in [9.17, 15) is 0 Å². The van der Waals surface area contributed by atoms with Crippen molar-refractivity contribution in [2.45, 2.75) is 142 Å². The minimum absolute atomic E-state index is 0. The maximum atomic E-state index is 5.83. The van der Waals surface area contributed by atoms with Crippen LogP contribution in [-0.2, 0) is 0 Å². The highest BCUT2D eigenvalue weighted by molar-refractivity contribution is 5.20. The van der Waals surface area contributed by atoms with Crippen LogP contribution in [0.25, 0.3) is 0 Å². The summed E-state index contributed by atoms with van der Waals surface area (Å²) in [4.78, 5) is 0. The van der Waals surface area contributed by atoms with Crippen molar-refractivity contribution in [2.24, 2.45) is 0 Å². The molecule has 0 fully saturated rings. The van der Waals surface area contributed by atoms with E-state index in [0.717, 1.165) is 27.9 Å². The largest absolute Gasteiger partial charge is 1.00 e. The first-order valence-corrected chi connectivity index (χ1v) is 17.5. The average Bonchev–Trinajstić information content (AvgIpc) is 2.91. The van der Waals surface area contributed by atoms with Gasteiger partial charge in [0.25, 0.3) is 0 Å². The van der Waals surface area contributed by atoms with Gasteiger partial charge in [-0.25, -0.2) is 0 Å². The fourth-order valence-electron chi connectivity index (χ4n) is 5.14. The molecule has 0 unspecified atom stereocenters. The third-order valence-electron chi connectivity index (χ3n) is 8.01. The predicted molar refractivity (Wildman–Crippen MR) is 180 cm³/mol. The lowest BCUT2D eigenvalue weighted by Gasteiger charge is -2.29. The van der Waals surface area contributed by atoms with Crippen LogP contribution in [0.4, 0.5) is 0 Å². The number of para-hydroxylation sites is 1. The Kier molecular flexibility index (Phi) is 35.3. The smallest absolute Gasteiger partial charge is 0.137 e. The highest BCUT2D eigenvalue weighted by atomic mass is 79.9. The fourth-order valence-corrected chi connectivity index (χ4v) is 5.14. The molecule has 0 heterocycles. The highest BCUT2D eigenvalue weighted by Gasteiger charge is 2.14. The summed E-state index contributed by atoms with van der Waals surface area (Å²) in [6.07, 6.45) is 28.5. The van der Waals surface area contributed by atoms with Crippen LogP contribution in [0.2, 0.25) is 0 Å². The van der Waals surface area contributed by atoms with Crippen molar-refractivity contribution in [3.8, 4) is 5.75 Å². The molecule has 0 bridgehead atoms. The van der Waals surface area contributed by atoms with Gasteiger partial charge in [-0.3, -0.25) is 0 Å². The summed E-state index contributed by atoms with van der Waals surface area (Å²) in [5.74, 6) is 0.983. The Bertz CT molecular complexity index is 636. The molecule has 1 aromatic carbocycles. The molecule has 0 amide bonds. The van der Waals surface area contributed by atoms with E-state index >= 15 is 0 Å². The van der Waals surface area contributed by atoms with Crippen molar-refractivity contribution < 1.29 is 43.1 Å². The second-order valence-electron chi connectivity index (χ2n) is 13.9. The Morgan fingerprint density at radius 2 is 0.833 bits per heavy atom. The highest BCUT2D eigenvalue weighted by Crippen LogP contribution is 2.13. The maximum Gasteiger partial charge on any atom is 0.137 e. The molecule has 0 radical (unpaired) electrons. The summed E-state index contributed by atoms with van der Waals surface area (Å²) >= 11 is 0. The Morgan fingerprint density at radius 1 is 0.476 bits per heavy atom. The van der Waals surface area contributed by atoms with E-state index < -0.39 is 0 Å². The number of hydrogen-bond acceptors (Lipinski definition) is 1. The van der Waals surface area contributed by atoms with Gasteiger partial charge in [0.1, 0.15) is 18.9 Å². The van der Waals surface area contributed by atoms with Crippen molar-refractivity contribution in [1.82, 2.24) is 0 Å². The number of ether oxygens (including phenoxy) is 1. The summed E-state index contributed by atoms with van der Waals surface area (Å²) in [5, 5.41) is 0. The fraction of sp³-hybridized carbons (Fsp3) is 0.838. The van der Waals surface area contributed by atoms with Gasteiger partial charge < -0.3 is 43.1 Å². The van der Waals surface area contributed by atoms with Crippen LogP contribution < -0.4 is 34.1 Å². The van der Waals surface area contributed by atoms with Crippen LogP contribution in [-0.4, -0.2) is 70.4 Å². The lowest BCUT2D eigenvalue weighted by atomic mass is 10.1. The molecule has 0 N–H and O–H groups in total. The number of quaternary nitrogens is 2. The summed E-state index contributed by atoms with van der Waals surface area (Å²) in [5.41, 5.74) is 0. The molecule has 0 atom stereocenters. The molecule has 5 heteroatoms. The Labute approximate surface area is 281 Å². The first-order chi connectivity index (χ1) is 19.2. The first kappa shape index (κ1) is 46.1. The van der Waals surface area contributed by atoms with E-state index in [4.69, 9.17) is 4.74 Å². The van der Waals surface area contributed by atoms with Gasteiger partial charge >= 0.3 is 0 Å². The third kappa shape index (κ3) is 35.9. The maximum absolute atomic E-state index is 5.83. The number of likely N-dealkylation sites (N-methyl/N-ethyl adjacent to an activating group) is 1. The predicted octanol–water partition coefficient (Wildman–Crippen LogP) is 4.68. The van der Waals surface area contributed by atoms with Gasteiger partial charge in [-0.1, -0.05) is 135 Å². The molecular weight excluding hydrogens is 604 g/mol. The Balaban J connectivity index is -0.000000745. The first-order valence-electron chi connectivity index (χ1n) is 17.5. The topological polar surface area (TPSA) is 9.23 Å². The zero-order valence-electron chi connectivity index (χ0n) is 29.4. The molecule has 0 spiro atoms. The summed E-state index contributed by atoms with van der Waals surface area (Å²) < 4.78 is 8.01. The Hall–Kier alpha value is -0.290. The molecule has 0 saturated heterocycles. The van der Waals surface area contributed by atoms with Crippen molar-refractivity contribution in [2.75, 3.05) is 61.5 Å². The molecule has 1 aromatic rings. The van der Waals surface area contributed by atoms with Gasteiger partial charge in [0.15, 0.2) is 0 Å². The van der Waals surface area contributed by atoms with E-state index in [0.29, 0.717) is 0 Å². The number of nitrogens with zero attached hydrogens (tertiary/aromatic N) is 2. The summed E-state index contributed by atoms with van der Waals surface area (Å²) in [7, 11) is 11.5. The second-order valence-corrected chi connectivity index (χ2v) is 13.9. The third-order valence-corrected chi connectivity index (χ3v) is 8.01. The molecule has 0 aliphatic heterocycles. The van der Waals surface area contributed by atoms with Gasteiger partial charge in [0, 0.05) is 0 Å². The van der Waals surface area contributed by atoms with Gasteiger partial charge in [-0.05, 0) is 37.8 Å². The van der Waals surface area contributed by atoms with E-state index in [1.54, 1.807) is 0 Å². The van der Waals surface area contributed by atoms with Crippen molar-refractivity contribution in [3.63, 3.8) is 0 Å². The van der Waals surface area contributed by atoms with Crippen molar-refractivity contribution in [1.29, 1.82) is 0 Å². The molecule has 42 heavy (non-hydrogen) atoms.